The summed E-state index contributed by atoms with van der Waals surface area (Å²) in [7, 11) is 0. The zero-order valence-corrected chi connectivity index (χ0v) is 18.3. The van der Waals surface area contributed by atoms with Crippen molar-refractivity contribution in [3.8, 4) is 22.8 Å². The number of aromatic carboxylic acids is 1. The molecule has 0 radical (unpaired) electrons. The number of halogens is 1. The predicted molar refractivity (Wildman–Crippen MR) is 124 cm³/mol. The molecule has 1 N–H and O–H groups in total. The van der Waals surface area contributed by atoms with Crippen LogP contribution in [0.5, 0.6) is 11.5 Å². The molecule has 0 bridgehead atoms. The lowest BCUT2D eigenvalue weighted by molar-refractivity contribution is 0.0696. The minimum absolute atomic E-state index is 0.00370. The second kappa shape index (κ2) is 8.05. The number of ether oxygens (including phenoxy) is 1. The number of aromatic nitrogens is 1. The van der Waals surface area contributed by atoms with Crippen molar-refractivity contribution in [1.82, 2.24) is 4.98 Å². The van der Waals surface area contributed by atoms with Crippen molar-refractivity contribution in [2.45, 2.75) is 26.2 Å². The Hall–Kier alpha value is -3.37. The van der Waals surface area contributed by atoms with E-state index >= 15 is 0 Å². The number of hydrogen-bond acceptors (Lipinski definition) is 3. The van der Waals surface area contributed by atoms with Crippen LogP contribution in [0.25, 0.3) is 22.2 Å². The number of fused-ring (bicyclic) bond motifs is 1. The molecule has 0 aliphatic rings. The van der Waals surface area contributed by atoms with Gasteiger partial charge in [-0.2, -0.15) is 0 Å². The molecule has 156 valence electrons. The Morgan fingerprint density at radius 1 is 0.935 bits per heavy atom. The van der Waals surface area contributed by atoms with Crippen LogP contribution in [0.2, 0.25) is 5.02 Å². The zero-order chi connectivity index (χ0) is 22.2. The molecule has 0 aliphatic heterocycles. The van der Waals surface area contributed by atoms with E-state index in [0.29, 0.717) is 27.4 Å². The summed E-state index contributed by atoms with van der Waals surface area (Å²) in [6, 6.07) is 22.0. The van der Waals surface area contributed by atoms with Crippen molar-refractivity contribution in [3.63, 3.8) is 0 Å². The third-order valence-corrected chi connectivity index (χ3v) is 5.37. The molecule has 1 aromatic heterocycles. The molecule has 5 heteroatoms. The Morgan fingerprint density at radius 2 is 1.58 bits per heavy atom. The number of benzene rings is 3. The number of carboxylic acid groups (broad SMARTS) is 1. The monoisotopic (exact) mass is 431 g/mol. The zero-order valence-electron chi connectivity index (χ0n) is 17.5. The molecule has 1 heterocycles. The quantitative estimate of drug-likeness (QED) is 0.367. The van der Waals surface area contributed by atoms with Gasteiger partial charge < -0.3 is 9.84 Å². The van der Waals surface area contributed by atoms with E-state index < -0.39 is 5.97 Å². The maximum absolute atomic E-state index is 12.3. The fourth-order valence-electron chi connectivity index (χ4n) is 3.45. The molecular weight excluding hydrogens is 410 g/mol. The van der Waals surface area contributed by atoms with Gasteiger partial charge in [-0.1, -0.05) is 74.8 Å². The largest absolute Gasteiger partial charge is 0.478 e. The maximum Gasteiger partial charge on any atom is 0.340 e. The van der Waals surface area contributed by atoms with Crippen molar-refractivity contribution in [2.75, 3.05) is 0 Å². The maximum atomic E-state index is 12.3. The van der Waals surface area contributed by atoms with E-state index in [-0.39, 0.29) is 16.7 Å². The average Bonchev–Trinajstić information content (AvgIpc) is 2.73. The van der Waals surface area contributed by atoms with Crippen LogP contribution in [-0.2, 0) is 5.41 Å². The molecule has 4 rings (SSSR count). The molecule has 0 unspecified atom stereocenters. The highest BCUT2D eigenvalue weighted by Crippen LogP contribution is 2.39. The van der Waals surface area contributed by atoms with Gasteiger partial charge in [0.15, 0.2) is 5.75 Å². The van der Waals surface area contributed by atoms with Gasteiger partial charge >= 0.3 is 5.97 Å². The second-order valence-corrected chi connectivity index (χ2v) is 8.81. The van der Waals surface area contributed by atoms with Crippen LogP contribution in [-0.4, -0.2) is 16.1 Å². The van der Waals surface area contributed by atoms with Crippen LogP contribution < -0.4 is 4.74 Å². The third kappa shape index (κ3) is 4.25. The summed E-state index contributed by atoms with van der Waals surface area (Å²) >= 11 is 6.05. The van der Waals surface area contributed by atoms with Gasteiger partial charge in [-0.3, -0.25) is 0 Å². The van der Waals surface area contributed by atoms with Gasteiger partial charge in [-0.25, -0.2) is 9.78 Å². The molecule has 4 aromatic rings. The van der Waals surface area contributed by atoms with Gasteiger partial charge in [0.25, 0.3) is 0 Å². The van der Waals surface area contributed by atoms with E-state index in [1.165, 1.54) is 0 Å². The molecule has 0 saturated heterocycles. The summed E-state index contributed by atoms with van der Waals surface area (Å²) in [6.07, 6.45) is 0. The molecule has 31 heavy (non-hydrogen) atoms. The second-order valence-electron chi connectivity index (χ2n) is 8.37. The van der Waals surface area contributed by atoms with Gasteiger partial charge in [-0.05, 0) is 41.3 Å². The van der Waals surface area contributed by atoms with Crippen LogP contribution in [0.15, 0.2) is 72.8 Å². The lowest BCUT2D eigenvalue weighted by Crippen LogP contribution is -2.10. The first-order valence-corrected chi connectivity index (χ1v) is 10.3. The van der Waals surface area contributed by atoms with Crippen molar-refractivity contribution in [3.05, 3.63) is 88.9 Å². The molecule has 0 atom stereocenters. The first-order valence-electron chi connectivity index (χ1n) is 9.94. The summed E-state index contributed by atoms with van der Waals surface area (Å²) in [6.45, 7) is 6.41. The standard InChI is InChI=1S/C26H22ClNO3/c1-26(2,3)17-10-14-19(15-11-17)31-24-22(25(29)30)20-6-4-5-7-21(20)28-23(24)16-8-12-18(27)13-9-16/h4-15H,1-3H3,(H,29,30). The van der Waals surface area contributed by atoms with E-state index in [1.54, 1.807) is 42.5 Å². The first kappa shape index (κ1) is 20.9. The fraction of sp³-hybridized carbons (Fsp3) is 0.154. The molecule has 0 amide bonds. The van der Waals surface area contributed by atoms with Crippen molar-refractivity contribution in [1.29, 1.82) is 0 Å². The summed E-state index contributed by atoms with van der Waals surface area (Å²) < 4.78 is 6.19. The smallest absolute Gasteiger partial charge is 0.340 e. The minimum atomic E-state index is -1.07. The third-order valence-electron chi connectivity index (χ3n) is 5.12. The Kier molecular flexibility index (Phi) is 5.42. The Labute approximate surface area is 186 Å². The molecule has 0 saturated carbocycles. The lowest BCUT2D eigenvalue weighted by atomic mass is 9.87. The topological polar surface area (TPSA) is 59.4 Å². The average molecular weight is 432 g/mol. The Balaban J connectivity index is 1.93. The van der Waals surface area contributed by atoms with E-state index in [4.69, 9.17) is 21.3 Å². The predicted octanol–water partition coefficient (Wildman–Crippen LogP) is 7.34. The highest BCUT2D eigenvalue weighted by atomic mass is 35.5. The summed E-state index contributed by atoms with van der Waals surface area (Å²) in [5.41, 5.74) is 3.00. The van der Waals surface area contributed by atoms with Gasteiger partial charge in [0, 0.05) is 16.0 Å². The van der Waals surface area contributed by atoms with Crippen LogP contribution in [0.3, 0.4) is 0 Å². The highest BCUT2D eigenvalue weighted by Gasteiger charge is 2.23. The number of para-hydroxylation sites is 1. The van der Waals surface area contributed by atoms with E-state index in [9.17, 15) is 9.90 Å². The van der Waals surface area contributed by atoms with Gasteiger partial charge in [0.2, 0.25) is 0 Å². The van der Waals surface area contributed by atoms with E-state index in [1.807, 2.05) is 30.3 Å². The Morgan fingerprint density at radius 3 is 2.19 bits per heavy atom. The molecule has 0 aliphatic carbocycles. The normalized spacial score (nSPS) is 11.5. The molecule has 0 spiro atoms. The van der Waals surface area contributed by atoms with Gasteiger partial charge in [-0.15, -0.1) is 0 Å². The fourth-order valence-corrected chi connectivity index (χ4v) is 3.58. The lowest BCUT2D eigenvalue weighted by Gasteiger charge is -2.20. The first-order chi connectivity index (χ1) is 14.7. The summed E-state index contributed by atoms with van der Waals surface area (Å²) in [4.78, 5) is 17.1. The SMILES string of the molecule is CC(C)(C)c1ccc(Oc2c(-c3ccc(Cl)cc3)nc3ccccc3c2C(=O)O)cc1. The summed E-state index contributed by atoms with van der Waals surface area (Å²) in [5, 5.41) is 11.2. The van der Waals surface area contributed by atoms with Crippen LogP contribution >= 0.6 is 11.6 Å². The van der Waals surface area contributed by atoms with Crippen molar-refractivity contribution >= 4 is 28.5 Å². The van der Waals surface area contributed by atoms with Crippen LogP contribution in [0.1, 0.15) is 36.7 Å². The highest BCUT2D eigenvalue weighted by molar-refractivity contribution is 6.30. The van der Waals surface area contributed by atoms with E-state index in [0.717, 1.165) is 11.1 Å². The number of carbonyl (C=O) groups is 1. The van der Waals surface area contributed by atoms with Crippen molar-refractivity contribution < 1.29 is 14.6 Å². The minimum Gasteiger partial charge on any atom is -0.478 e. The molecule has 4 nitrogen and oxygen atoms in total. The molecule has 0 fully saturated rings. The van der Waals surface area contributed by atoms with E-state index in [2.05, 4.69) is 20.8 Å². The molecular formula is C26H22ClNO3. The number of pyridine rings is 1. The molecule has 3 aromatic carbocycles. The number of nitrogens with zero attached hydrogens (tertiary/aromatic N) is 1. The van der Waals surface area contributed by atoms with Gasteiger partial charge in [0.05, 0.1) is 5.52 Å². The Bertz CT molecular complexity index is 1260. The van der Waals surface area contributed by atoms with Crippen LogP contribution in [0.4, 0.5) is 0 Å². The van der Waals surface area contributed by atoms with Crippen LogP contribution in [0, 0.1) is 0 Å². The number of carboxylic acids is 1. The number of hydrogen-bond donors (Lipinski definition) is 1. The number of rotatable bonds is 4. The summed E-state index contributed by atoms with van der Waals surface area (Å²) in [5.74, 6) is -0.324. The van der Waals surface area contributed by atoms with Crippen molar-refractivity contribution in [2.24, 2.45) is 0 Å². The van der Waals surface area contributed by atoms with Gasteiger partial charge in [0.1, 0.15) is 17.0 Å².